The first kappa shape index (κ1) is 18.2. The number of aromatic nitrogens is 2. The first-order chi connectivity index (χ1) is 13.6. The SMILES string of the molecule is O=C(NNc1nc(-c2ccccc2)c2cc(Cl)ccc2n1)c1ccccc1Cl. The van der Waals surface area contributed by atoms with Gasteiger partial charge in [-0.05, 0) is 30.3 Å². The second-order valence-corrected chi connectivity index (χ2v) is 6.83. The van der Waals surface area contributed by atoms with E-state index in [1.807, 2.05) is 42.5 Å². The van der Waals surface area contributed by atoms with Crippen LogP contribution in [-0.2, 0) is 0 Å². The van der Waals surface area contributed by atoms with Crippen molar-refractivity contribution in [2.24, 2.45) is 0 Å². The topological polar surface area (TPSA) is 66.9 Å². The Kier molecular flexibility index (Phi) is 5.10. The number of hydrogen-bond acceptors (Lipinski definition) is 4. The van der Waals surface area contributed by atoms with Crippen molar-refractivity contribution in [2.45, 2.75) is 0 Å². The number of hydrogen-bond donors (Lipinski definition) is 2. The van der Waals surface area contributed by atoms with Crippen molar-refractivity contribution in [2.75, 3.05) is 5.43 Å². The van der Waals surface area contributed by atoms with Crippen LogP contribution in [0.25, 0.3) is 22.2 Å². The van der Waals surface area contributed by atoms with Crippen molar-refractivity contribution in [1.29, 1.82) is 0 Å². The number of fused-ring (bicyclic) bond motifs is 1. The van der Waals surface area contributed by atoms with Crippen molar-refractivity contribution in [1.82, 2.24) is 15.4 Å². The number of carbonyl (C=O) groups excluding carboxylic acids is 1. The van der Waals surface area contributed by atoms with Gasteiger partial charge in [-0.2, -0.15) is 0 Å². The molecule has 1 amide bonds. The zero-order chi connectivity index (χ0) is 19.5. The predicted octanol–water partition coefficient (Wildman–Crippen LogP) is 5.36. The summed E-state index contributed by atoms with van der Waals surface area (Å²) < 4.78 is 0. The summed E-state index contributed by atoms with van der Waals surface area (Å²) in [5.41, 5.74) is 8.04. The monoisotopic (exact) mass is 408 g/mol. The van der Waals surface area contributed by atoms with Crippen molar-refractivity contribution in [3.05, 3.63) is 88.4 Å². The van der Waals surface area contributed by atoms with Gasteiger partial charge in [0.25, 0.3) is 5.91 Å². The van der Waals surface area contributed by atoms with E-state index in [4.69, 9.17) is 23.2 Å². The van der Waals surface area contributed by atoms with Crippen molar-refractivity contribution >= 4 is 46.0 Å². The average Bonchev–Trinajstić information content (AvgIpc) is 2.72. The van der Waals surface area contributed by atoms with Crippen LogP contribution in [0, 0.1) is 0 Å². The summed E-state index contributed by atoms with van der Waals surface area (Å²) in [5, 5.41) is 1.78. The molecule has 5 nitrogen and oxygen atoms in total. The maximum absolute atomic E-state index is 12.4. The molecular weight excluding hydrogens is 395 g/mol. The van der Waals surface area contributed by atoms with E-state index < -0.39 is 0 Å². The molecule has 2 N–H and O–H groups in total. The molecule has 0 saturated carbocycles. The minimum Gasteiger partial charge on any atom is -0.267 e. The summed E-state index contributed by atoms with van der Waals surface area (Å²) >= 11 is 12.2. The number of rotatable bonds is 4. The number of amides is 1. The minimum atomic E-state index is -0.383. The van der Waals surface area contributed by atoms with Gasteiger partial charge < -0.3 is 0 Å². The Hall–Kier alpha value is -3.15. The second kappa shape index (κ2) is 7.84. The molecule has 0 aliphatic carbocycles. The van der Waals surface area contributed by atoms with Crippen LogP contribution in [0.5, 0.6) is 0 Å². The molecule has 28 heavy (non-hydrogen) atoms. The smallest absolute Gasteiger partial charge is 0.267 e. The lowest BCUT2D eigenvalue weighted by Gasteiger charge is -2.12. The van der Waals surface area contributed by atoms with Gasteiger partial charge in [0.05, 0.1) is 21.8 Å². The maximum atomic E-state index is 12.4. The highest BCUT2D eigenvalue weighted by Crippen LogP contribution is 2.29. The van der Waals surface area contributed by atoms with Crippen LogP contribution in [-0.4, -0.2) is 15.9 Å². The van der Waals surface area contributed by atoms with E-state index in [2.05, 4.69) is 20.8 Å². The predicted molar refractivity (Wildman–Crippen MR) is 113 cm³/mol. The fourth-order valence-electron chi connectivity index (χ4n) is 2.80. The summed E-state index contributed by atoms with van der Waals surface area (Å²) in [4.78, 5) is 21.4. The summed E-state index contributed by atoms with van der Waals surface area (Å²) in [5.74, 6) is -0.124. The molecule has 1 aromatic heterocycles. The molecule has 138 valence electrons. The standard InChI is InChI=1S/C21H14Cl2N4O/c22-14-10-11-18-16(12-14)19(13-6-2-1-3-7-13)25-21(24-18)27-26-20(28)15-8-4-5-9-17(15)23/h1-12H,(H,26,28)(H,24,25,27). The van der Waals surface area contributed by atoms with E-state index in [1.165, 1.54) is 0 Å². The van der Waals surface area contributed by atoms with Gasteiger partial charge in [-0.1, -0.05) is 65.7 Å². The zero-order valence-electron chi connectivity index (χ0n) is 14.5. The molecule has 4 aromatic rings. The highest BCUT2D eigenvalue weighted by molar-refractivity contribution is 6.33. The van der Waals surface area contributed by atoms with Crippen LogP contribution in [0.1, 0.15) is 10.4 Å². The van der Waals surface area contributed by atoms with Crippen LogP contribution in [0.4, 0.5) is 5.95 Å². The molecule has 0 saturated heterocycles. The summed E-state index contributed by atoms with van der Waals surface area (Å²) in [6, 6.07) is 21.9. The van der Waals surface area contributed by atoms with Gasteiger partial charge in [0.15, 0.2) is 0 Å². The molecule has 0 atom stereocenters. The molecule has 1 heterocycles. The number of nitrogens with zero attached hydrogens (tertiary/aromatic N) is 2. The van der Waals surface area contributed by atoms with Crippen LogP contribution < -0.4 is 10.9 Å². The molecule has 0 unspecified atom stereocenters. The fourth-order valence-corrected chi connectivity index (χ4v) is 3.19. The van der Waals surface area contributed by atoms with Gasteiger partial charge in [0.1, 0.15) is 0 Å². The highest BCUT2D eigenvalue weighted by Gasteiger charge is 2.13. The third kappa shape index (κ3) is 3.76. The zero-order valence-corrected chi connectivity index (χ0v) is 16.0. The normalized spacial score (nSPS) is 10.6. The third-order valence-corrected chi connectivity index (χ3v) is 4.68. The van der Waals surface area contributed by atoms with Gasteiger partial charge >= 0.3 is 0 Å². The van der Waals surface area contributed by atoms with E-state index in [0.717, 1.165) is 10.9 Å². The number of carbonyl (C=O) groups is 1. The van der Waals surface area contributed by atoms with E-state index in [-0.39, 0.29) is 11.9 Å². The number of benzene rings is 3. The molecule has 0 aliphatic rings. The number of nitrogens with one attached hydrogen (secondary N) is 2. The molecule has 0 bridgehead atoms. The summed E-state index contributed by atoms with van der Waals surface area (Å²) in [6.07, 6.45) is 0. The highest BCUT2D eigenvalue weighted by atomic mass is 35.5. The number of anilines is 1. The van der Waals surface area contributed by atoms with Gasteiger partial charge in [-0.15, -0.1) is 0 Å². The largest absolute Gasteiger partial charge is 0.271 e. The second-order valence-electron chi connectivity index (χ2n) is 5.98. The van der Waals surface area contributed by atoms with Gasteiger partial charge in [0, 0.05) is 16.0 Å². The first-order valence-electron chi connectivity index (χ1n) is 8.45. The Morgan fingerprint density at radius 1 is 0.857 bits per heavy atom. The Morgan fingerprint density at radius 2 is 1.61 bits per heavy atom. The van der Waals surface area contributed by atoms with E-state index in [0.29, 0.717) is 26.8 Å². The van der Waals surface area contributed by atoms with Gasteiger partial charge in [0.2, 0.25) is 5.95 Å². The number of halogens is 2. The summed E-state index contributed by atoms with van der Waals surface area (Å²) in [7, 11) is 0. The molecule has 3 aromatic carbocycles. The van der Waals surface area contributed by atoms with Crippen LogP contribution >= 0.6 is 23.2 Å². The Labute approximate surface area is 171 Å². The van der Waals surface area contributed by atoms with Crippen molar-refractivity contribution in [3.63, 3.8) is 0 Å². The van der Waals surface area contributed by atoms with E-state index >= 15 is 0 Å². The lowest BCUT2D eigenvalue weighted by Crippen LogP contribution is -2.30. The quantitative estimate of drug-likeness (QED) is 0.446. The third-order valence-electron chi connectivity index (χ3n) is 4.11. The van der Waals surface area contributed by atoms with Gasteiger partial charge in [-0.3, -0.25) is 15.6 Å². The Morgan fingerprint density at radius 3 is 2.39 bits per heavy atom. The van der Waals surface area contributed by atoms with E-state index in [1.54, 1.807) is 30.3 Å². The average molecular weight is 409 g/mol. The molecule has 0 spiro atoms. The van der Waals surface area contributed by atoms with Gasteiger partial charge in [-0.25, -0.2) is 9.97 Å². The van der Waals surface area contributed by atoms with Crippen molar-refractivity contribution in [3.8, 4) is 11.3 Å². The lowest BCUT2D eigenvalue weighted by atomic mass is 10.1. The van der Waals surface area contributed by atoms with Crippen molar-refractivity contribution < 1.29 is 4.79 Å². The molecule has 7 heteroatoms. The number of hydrazine groups is 1. The minimum absolute atomic E-state index is 0.258. The Balaban J connectivity index is 1.69. The molecule has 0 aliphatic heterocycles. The van der Waals surface area contributed by atoms with Crippen LogP contribution in [0.15, 0.2) is 72.8 Å². The fraction of sp³-hybridized carbons (Fsp3) is 0. The molecule has 0 fully saturated rings. The molecule has 4 rings (SSSR count). The molecule has 0 radical (unpaired) electrons. The van der Waals surface area contributed by atoms with Crippen LogP contribution in [0.2, 0.25) is 10.0 Å². The van der Waals surface area contributed by atoms with Crippen LogP contribution in [0.3, 0.4) is 0 Å². The molecular formula is C21H14Cl2N4O. The lowest BCUT2D eigenvalue weighted by molar-refractivity contribution is 0.0962. The van der Waals surface area contributed by atoms with E-state index in [9.17, 15) is 4.79 Å². The first-order valence-corrected chi connectivity index (χ1v) is 9.21. The Bertz CT molecular complexity index is 1170. The summed E-state index contributed by atoms with van der Waals surface area (Å²) in [6.45, 7) is 0. The maximum Gasteiger partial charge on any atom is 0.271 e.